The molecule has 0 radical (unpaired) electrons. The number of carbonyl (C=O) groups is 2. The van der Waals surface area contributed by atoms with E-state index in [4.69, 9.17) is 0 Å². The first kappa shape index (κ1) is 20.2. The van der Waals surface area contributed by atoms with Gasteiger partial charge in [-0.05, 0) is 73.7 Å². The SMILES string of the molecule is Cc1ccc(NC(=O)CSc2ccccc2C(=O)Nc2ccc3c(c2)CCC3)cc1. The van der Waals surface area contributed by atoms with E-state index < -0.39 is 0 Å². The number of nitrogens with one attached hydrogen (secondary N) is 2. The molecule has 3 aromatic carbocycles. The van der Waals surface area contributed by atoms with Crippen molar-refractivity contribution in [2.75, 3.05) is 16.4 Å². The minimum Gasteiger partial charge on any atom is -0.325 e. The van der Waals surface area contributed by atoms with Crippen molar-refractivity contribution in [3.8, 4) is 0 Å². The van der Waals surface area contributed by atoms with Crippen LogP contribution in [0.1, 0.15) is 33.5 Å². The molecular weight excluding hydrogens is 392 g/mol. The Morgan fingerprint density at radius 3 is 2.43 bits per heavy atom. The molecule has 0 aromatic heterocycles. The van der Waals surface area contributed by atoms with Gasteiger partial charge >= 0.3 is 0 Å². The first-order chi connectivity index (χ1) is 14.6. The quantitative estimate of drug-likeness (QED) is 0.524. The van der Waals surface area contributed by atoms with Gasteiger partial charge in [-0.3, -0.25) is 9.59 Å². The molecule has 0 saturated carbocycles. The van der Waals surface area contributed by atoms with E-state index in [1.165, 1.54) is 29.3 Å². The van der Waals surface area contributed by atoms with E-state index >= 15 is 0 Å². The summed E-state index contributed by atoms with van der Waals surface area (Å²) >= 11 is 1.36. The number of aryl methyl sites for hydroxylation is 3. The lowest BCUT2D eigenvalue weighted by Crippen LogP contribution is -2.16. The smallest absolute Gasteiger partial charge is 0.256 e. The Hall–Kier alpha value is -3.05. The molecule has 30 heavy (non-hydrogen) atoms. The third-order valence-electron chi connectivity index (χ3n) is 5.18. The summed E-state index contributed by atoms with van der Waals surface area (Å²) in [4.78, 5) is 26.0. The Kier molecular flexibility index (Phi) is 6.19. The van der Waals surface area contributed by atoms with Crippen LogP contribution in [0.2, 0.25) is 0 Å². The van der Waals surface area contributed by atoms with E-state index in [2.05, 4.69) is 22.8 Å². The minimum absolute atomic E-state index is 0.0994. The number of hydrogen-bond donors (Lipinski definition) is 2. The summed E-state index contributed by atoms with van der Waals surface area (Å²) in [5.41, 5.74) is 6.01. The van der Waals surface area contributed by atoms with Gasteiger partial charge in [0.2, 0.25) is 5.91 Å². The van der Waals surface area contributed by atoms with Crippen LogP contribution in [0.15, 0.2) is 71.6 Å². The highest BCUT2D eigenvalue weighted by molar-refractivity contribution is 8.00. The largest absolute Gasteiger partial charge is 0.325 e. The van der Waals surface area contributed by atoms with Crippen molar-refractivity contribution >= 4 is 35.0 Å². The van der Waals surface area contributed by atoms with Gasteiger partial charge in [-0.15, -0.1) is 11.8 Å². The van der Waals surface area contributed by atoms with Crippen molar-refractivity contribution in [2.45, 2.75) is 31.1 Å². The number of fused-ring (bicyclic) bond motifs is 1. The number of amides is 2. The number of carbonyl (C=O) groups excluding carboxylic acids is 2. The van der Waals surface area contributed by atoms with Crippen LogP contribution in [0.25, 0.3) is 0 Å². The van der Waals surface area contributed by atoms with E-state index in [1.54, 1.807) is 6.07 Å². The van der Waals surface area contributed by atoms with Gasteiger partial charge in [-0.2, -0.15) is 0 Å². The molecule has 1 aliphatic rings. The van der Waals surface area contributed by atoms with Crippen LogP contribution < -0.4 is 10.6 Å². The third-order valence-corrected chi connectivity index (χ3v) is 6.26. The summed E-state index contributed by atoms with van der Waals surface area (Å²) in [6, 6.07) is 21.2. The molecule has 0 fully saturated rings. The lowest BCUT2D eigenvalue weighted by atomic mass is 10.1. The van der Waals surface area contributed by atoms with Gasteiger partial charge in [0.25, 0.3) is 5.91 Å². The number of anilines is 2. The number of thioether (sulfide) groups is 1. The fourth-order valence-electron chi connectivity index (χ4n) is 3.61. The maximum atomic E-state index is 12.9. The lowest BCUT2D eigenvalue weighted by molar-refractivity contribution is -0.113. The molecule has 5 heteroatoms. The molecule has 1 aliphatic carbocycles. The maximum Gasteiger partial charge on any atom is 0.256 e. The summed E-state index contributed by atoms with van der Waals surface area (Å²) < 4.78 is 0. The van der Waals surface area contributed by atoms with Crippen molar-refractivity contribution < 1.29 is 9.59 Å². The summed E-state index contributed by atoms with van der Waals surface area (Å²) in [6.45, 7) is 2.01. The van der Waals surface area contributed by atoms with E-state index in [0.29, 0.717) is 5.56 Å². The van der Waals surface area contributed by atoms with Crippen molar-refractivity contribution in [3.05, 3.63) is 89.0 Å². The van der Waals surface area contributed by atoms with Crippen molar-refractivity contribution in [3.63, 3.8) is 0 Å². The first-order valence-electron chi connectivity index (χ1n) is 10.1. The van der Waals surface area contributed by atoms with Crippen LogP contribution in [0, 0.1) is 6.92 Å². The fourth-order valence-corrected chi connectivity index (χ4v) is 4.46. The van der Waals surface area contributed by atoms with Gasteiger partial charge in [-0.25, -0.2) is 0 Å². The van der Waals surface area contributed by atoms with Gasteiger partial charge in [0.1, 0.15) is 0 Å². The molecule has 0 bridgehead atoms. The second kappa shape index (κ2) is 9.18. The second-order valence-corrected chi connectivity index (χ2v) is 8.51. The second-order valence-electron chi connectivity index (χ2n) is 7.49. The third kappa shape index (κ3) is 4.92. The lowest BCUT2D eigenvalue weighted by Gasteiger charge is -2.11. The number of rotatable bonds is 6. The zero-order valence-electron chi connectivity index (χ0n) is 16.9. The van der Waals surface area contributed by atoms with E-state index in [0.717, 1.165) is 34.7 Å². The average molecular weight is 417 g/mol. The van der Waals surface area contributed by atoms with Crippen LogP contribution in [0.3, 0.4) is 0 Å². The normalized spacial score (nSPS) is 12.3. The highest BCUT2D eigenvalue weighted by atomic mass is 32.2. The van der Waals surface area contributed by atoms with Gasteiger partial charge < -0.3 is 10.6 Å². The molecule has 4 rings (SSSR count). The molecule has 0 atom stereocenters. The molecule has 4 nitrogen and oxygen atoms in total. The van der Waals surface area contributed by atoms with Crippen LogP contribution in [-0.4, -0.2) is 17.6 Å². The zero-order chi connectivity index (χ0) is 20.9. The van der Waals surface area contributed by atoms with Crippen LogP contribution >= 0.6 is 11.8 Å². The van der Waals surface area contributed by atoms with Crippen LogP contribution in [-0.2, 0) is 17.6 Å². The zero-order valence-corrected chi connectivity index (χ0v) is 17.7. The van der Waals surface area contributed by atoms with E-state index in [9.17, 15) is 9.59 Å². The number of benzene rings is 3. The van der Waals surface area contributed by atoms with Crippen molar-refractivity contribution in [2.24, 2.45) is 0 Å². The van der Waals surface area contributed by atoms with E-state index in [1.807, 2.05) is 55.5 Å². The molecule has 0 heterocycles. The number of hydrogen-bond acceptors (Lipinski definition) is 3. The fraction of sp³-hybridized carbons (Fsp3) is 0.200. The minimum atomic E-state index is -0.157. The standard InChI is InChI=1S/C25H24N2O2S/c1-17-9-12-20(13-10-17)26-24(28)16-30-23-8-3-2-7-22(23)25(29)27-21-14-11-18-5-4-6-19(18)15-21/h2-3,7-15H,4-6,16H2,1H3,(H,26,28)(H,27,29). The maximum absolute atomic E-state index is 12.9. The monoisotopic (exact) mass is 416 g/mol. The topological polar surface area (TPSA) is 58.2 Å². The Morgan fingerprint density at radius 2 is 1.60 bits per heavy atom. The molecule has 152 valence electrons. The molecule has 3 aromatic rings. The van der Waals surface area contributed by atoms with Gasteiger partial charge in [-0.1, -0.05) is 35.9 Å². The highest BCUT2D eigenvalue weighted by Crippen LogP contribution is 2.27. The summed E-state index contributed by atoms with van der Waals surface area (Å²) in [7, 11) is 0. The predicted octanol–water partition coefficient (Wildman–Crippen LogP) is 5.47. The van der Waals surface area contributed by atoms with E-state index in [-0.39, 0.29) is 17.6 Å². The highest BCUT2D eigenvalue weighted by Gasteiger charge is 2.15. The molecule has 0 saturated heterocycles. The van der Waals surface area contributed by atoms with Gasteiger partial charge in [0.05, 0.1) is 11.3 Å². The molecule has 0 aliphatic heterocycles. The summed E-state index contributed by atoms with van der Waals surface area (Å²) in [5.74, 6) is -0.0236. The molecule has 2 N–H and O–H groups in total. The summed E-state index contributed by atoms with van der Waals surface area (Å²) in [5, 5.41) is 5.90. The Morgan fingerprint density at radius 1 is 0.867 bits per heavy atom. The Balaban J connectivity index is 1.40. The Bertz CT molecular complexity index is 1080. The van der Waals surface area contributed by atoms with Crippen LogP contribution in [0.5, 0.6) is 0 Å². The molecular formula is C25H24N2O2S. The predicted molar refractivity (Wildman–Crippen MR) is 123 cm³/mol. The van der Waals surface area contributed by atoms with Gasteiger partial charge in [0.15, 0.2) is 0 Å². The van der Waals surface area contributed by atoms with Crippen molar-refractivity contribution in [1.29, 1.82) is 0 Å². The molecule has 0 spiro atoms. The Labute approximate surface area is 181 Å². The van der Waals surface area contributed by atoms with Gasteiger partial charge in [0, 0.05) is 16.3 Å². The van der Waals surface area contributed by atoms with Crippen LogP contribution in [0.4, 0.5) is 11.4 Å². The molecule has 2 amide bonds. The average Bonchev–Trinajstić information content (AvgIpc) is 3.22. The molecule has 0 unspecified atom stereocenters. The first-order valence-corrected chi connectivity index (χ1v) is 11.1. The summed E-state index contributed by atoms with van der Waals surface area (Å²) in [6.07, 6.45) is 3.37. The van der Waals surface area contributed by atoms with Crippen molar-refractivity contribution in [1.82, 2.24) is 0 Å².